The quantitative estimate of drug-likeness (QED) is 0.622. The SMILES string of the molecule is Cc1ccc(OCC(=O)NC23CCC(C(=O)Nc4ccc(OC(C)(C)F)cn4)(C2)C3)cc1F. The smallest absolute Gasteiger partial charge is 0.258 e. The highest BCUT2D eigenvalue weighted by Crippen LogP contribution is 2.61. The van der Waals surface area contributed by atoms with Gasteiger partial charge in [-0.05, 0) is 56.4 Å². The monoisotopic (exact) mass is 459 g/mol. The molecule has 1 aromatic heterocycles. The Morgan fingerprint density at radius 2 is 1.88 bits per heavy atom. The number of ether oxygens (including phenoxy) is 2. The van der Waals surface area contributed by atoms with Crippen LogP contribution in [0.3, 0.4) is 0 Å². The van der Waals surface area contributed by atoms with Crippen LogP contribution in [0.2, 0.25) is 0 Å². The van der Waals surface area contributed by atoms with E-state index in [9.17, 15) is 18.4 Å². The molecule has 1 heterocycles. The summed E-state index contributed by atoms with van der Waals surface area (Å²) in [6.45, 7) is 4.00. The average Bonchev–Trinajstić information content (AvgIpc) is 3.26. The first kappa shape index (κ1) is 22.9. The maximum absolute atomic E-state index is 13.6. The van der Waals surface area contributed by atoms with Gasteiger partial charge in [0.25, 0.3) is 5.91 Å². The van der Waals surface area contributed by atoms with E-state index in [1.165, 1.54) is 26.1 Å². The van der Waals surface area contributed by atoms with Gasteiger partial charge in [0.05, 0.1) is 11.6 Å². The second-order valence-corrected chi connectivity index (χ2v) is 9.46. The number of fused-ring (bicyclic) bond motifs is 1. The number of alkyl halides is 1. The molecule has 33 heavy (non-hydrogen) atoms. The number of rotatable bonds is 8. The van der Waals surface area contributed by atoms with E-state index in [-0.39, 0.29) is 30.0 Å². The molecule has 3 fully saturated rings. The molecule has 0 atom stereocenters. The second kappa shape index (κ2) is 8.28. The Morgan fingerprint density at radius 1 is 1.15 bits per heavy atom. The normalized spacial score (nSPS) is 23.4. The molecule has 2 N–H and O–H groups in total. The summed E-state index contributed by atoms with van der Waals surface area (Å²) in [5, 5.41) is 5.79. The fourth-order valence-corrected chi connectivity index (χ4v) is 4.69. The molecule has 1 aromatic carbocycles. The first-order valence-electron chi connectivity index (χ1n) is 10.8. The van der Waals surface area contributed by atoms with E-state index in [4.69, 9.17) is 9.47 Å². The van der Waals surface area contributed by atoms with Crippen LogP contribution in [0.5, 0.6) is 11.5 Å². The zero-order chi connectivity index (χ0) is 23.9. The minimum Gasteiger partial charge on any atom is -0.484 e. The Morgan fingerprint density at radius 3 is 2.52 bits per heavy atom. The lowest BCUT2D eigenvalue weighted by molar-refractivity contribution is -0.134. The number of nitrogens with one attached hydrogen (secondary N) is 2. The number of aryl methyl sites for hydroxylation is 1. The maximum Gasteiger partial charge on any atom is 0.258 e. The van der Waals surface area contributed by atoms with Gasteiger partial charge in [-0.25, -0.2) is 9.37 Å². The molecule has 3 saturated carbocycles. The molecular weight excluding hydrogens is 432 g/mol. The predicted octanol–water partition coefficient (Wildman–Crippen LogP) is 4.06. The van der Waals surface area contributed by atoms with E-state index < -0.39 is 16.8 Å². The lowest BCUT2D eigenvalue weighted by Crippen LogP contribution is -2.59. The summed E-state index contributed by atoms with van der Waals surface area (Å²) in [7, 11) is 0. The number of aromatic nitrogens is 1. The molecule has 2 bridgehead atoms. The minimum absolute atomic E-state index is 0.150. The molecule has 2 amide bonds. The summed E-state index contributed by atoms with van der Waals surface area (Å²) >= 11 is 0. The number of hydrogen-bond donors (Lipinski definition) is 2. The van der Waals surface area contributed by atoms with Crippen LogP contribution in [-0.2, 0) is 9.59 Å². The number of hydrogen-bond acceptors (Lipinski definition) is 5. The molecule has 3 aliphatic carbocycles. The number of pyridine rings is 1. The fraction of sp³-hybridized carbons (Fsp3) is 0.458. The Hall–Kier alpha value is -3.23. The Bertz CT molecular complexity index is 1060. The maximum atomic E-state index is 13.6. The van der Waals surface area contributed by atoms with E-state index in [0.29, 0.717) is 42.8 Å². The highest BCUT2D eigenvalue weighted by Gasteiger charge is 2.65. The van der Waals surface area contributed by atoms with Crippen LogP contribution in [0.4, 0.5) is 14.6 Å². The van der Waals surface area contributed by atoms with Crippen molar-refractivity contribution in [3.63, 3.8) is 0 Å². The first-order valence-corrected chi connectivity index (χ1v) is 10.8. The number of nitrogens with zero attached hydrogens (tertiary/aromatic N) is 1. The fourth-order valence-electron chi connectivity index (χ4n) is 4.69. The van der Waals surface area contributed by atoms with Crippen molar-refractivity contribution in [2.75, 3.05) is 11.9 Å². The molecule has 0 spiro atoms. The third-order valence-corrected chi connectivity index (χ3v) is 6.17. The number of carbonyl (C=O) groups is 2. The van der Waals surface area contributed by atoms with Gasteiger partial charge in [-0.2, -0.15) is 4.39 Å². The molecule has 5 rings (SSSR count). The number of halogens is 2. The first-order chi connectivity index (χ1) is 15.5. The summed E-state index contributed by atoms with van der Waals surface area (Å²) in [6.07, 6.45) is 3.77. The Labute approximate surface area is 190 Å². The van der Waals surface area contributed by atoms with E-state index in [1.807, 2.05) is 0 Å². The van der Waals surface area contributed by atoms with E-state index in [0.717, 1.165) is 0 Å². The van der Waals surface area contributed by atoms with Crippen molar-refractivity contribution in [2.45, 2.75) is 57.8 Å². The van der Waals surface area contributed by atoms with Crippen molar-refractivity contribution < 1.29 is 27.8 Å². The number of amides is 2. The zero-order valence-electron chi connectivity index (χ0n) is 18.8. The zero-order valence-corrected chi connectivity index (χ0v) is 18.8. The van der Waals surface area contributed by atoms with Crippen LogP contribution in [0.15, 0.2) is 36.5 Å². The van der Waals surface area contributed by atoms with Crippen LogP contribution in [-0.4, -0.2) is 34.8 Å². The van der Waals surface area contributed by atoms with Gasteiger partial charge in [0.1, 0.15) is 23.1 Å². The highest BCUT2D eigenvalue weighted by molar-refractivity contribution is 5.96. The predicted molar refractivity (Wildman–Crippen MR) is 117 cm³/mol. The lowest BCUT2D eigenvalue weighted by Gasteiger charge is -2.46. The molecule has 176 valence electrons. The van der Waals surface area contributed by atoms with Gasteiger partial charge in [-0.1, -0.05) is 6.07 Å². The van der Waals surface area contributed by atoms with Crippen LogP contribution in [0, 0.1) is 18.2 Å². The third kappa shape index (κ3) is 5.07. The molecular formula is C24H27F2N3O4. The van der Waals surface area contributed by atoms with Crippen LogP contribution >= 0.6 is 0 Å². The second-order valence-electron chi connectivity index (χ2n) is 9.46. The standard InChI is InChI=1S/C24H27F2N3O4/c1-15-4-5-16(10-18(15)25)32-12-20(30)29-24-9-8-23(13-24,14-24)21(31)28-19-7-6-17(11-27-19)33-22(2,3)26/h4-7,10-11H,8-9,12-14H2,1-3H3,(H,29,30)(H,27,28,31). The van der Waals surface area contributed by atoms with Crippen molar-refractivity contribution >= 4 is 17.6 Å². The topological polar surface area (TPSA) is 89.5 Å². The van der Waals surface area contributed by atoms with E-state index in [2.05, 4.69) is 15.6 Å². The summed E-state index contributed by atoms with van der Waals surface area (Å²) in [5.41, 5.74) is -0.468. The van der Waals surface area contributed by atoms with Crippen LogP contribution < -0.4 is 20.1 Å². The van der Waals surface area contributed by atoms with Gasteiger partial charge in [0, 0.05) is 25.5 Å². The van der Waals surface area contributed by atoms with Crippen molar-refractivity contribution in [2.24, 2.45) is 5.41 Å². The molecule has 0 unspecified atom stereocenters. The van der Waals surface area contributed by atoms with Gasteiger partial charge in [-0.3, -0.25) is 9.59 Å². The summed E-state index contributed by atoms with van der Waals surface area (Å²) < 4.78 is 37.7. The van der Waals surface area contributed by atoms with Crippen LogP contribution in [0.25, 0.3) is 0 Å². The van der Waals surface area contributed by atoms with Gasteiger partial charge >= 0.3 is 0 Å². The summed E-state index contributed by atoms with van der Waals surface area (Å²) in [4.78, 5) is 29.4. The summed E-state index contributed by atoms with van der Waals surface area (Å²) in [6, 6.07) is 7.56. The minimum atomic E-state index is -1.82. The third-order valence-electron chi connectivity index (χ3n) is 6.17. The lowest BCUT2D eigenvalue weighted by atomic mass is 9.64. The van der Waals surface area contributed by atoms with Gasteiger partial charge in [-0.15, -0.1) is 0 Å². The molecule has 0 aliphatic heterocycles. The number of anilines is 1. The van der Waals surface area contributed by atoms with E-state index in [1.54, 1.807) is 31.2 Å². The van der Waals surface area contributed by atoms with Crippen LogP contribution in [0.1, 0.15) is 45.1 Å². The average molecular weight is 459 g/mol. The van der Waals surface area contributed by atoms with Gasteiger partial charge < -0.3 is 20.1 Å². The van der Waals surface area contributed by atoms with Crippen molar-refractivity contribution in [1.82, 2.24) is 10.3 Å². The van der Waals surface area contributed by atoms with Crippen molar-refractivity contribution in [3.05, 3.63) is 47.9 Å². The van der Waals surface area contributed by atoms with Crippen molar-refractivity contribution in [1.29, 1.82) is 0 Å². The van der Waals surface area contributed by atoms with E-state index >= 15 is 0 Å². The molecule has 0 saturated heterocycles. The van der Waals surface area contributed by atoms with Gasteiger partial charge in [0.2, 0.25) is 11.8 Å². The molecule has 0 radical (unpaired) electrons. The summed E-state index contributed by atoms with van der Waals surface area (Å²) in [5.74, 6) is -1.76. The number of carbonyl (C=O) groups excluding carboxylic acids is 2. The Balaban J connectivity index is 1.27. The van der Waals surface area contributed by atoms with Gasteiger partial charge in [0.15, 0.2) is 6.61 Å². The highest BCUT2D eigenvalue weighted by atomic mass is 19.2. The Kier molecular flexibility index (Phi) is 5.76. The number of benzene rings is 1. The molecule has 3 aliphatic rings. The molecule has 2 aromatic rings. The van der Waals surface area contributed by atoms with Crippen molar-refractivity contribution in [3.8, 4) is 11.5 Å². The largest absolute Gasteiger partial charge is 0.484 e. The molecule has 9 heteroatoms. The molecule has 7 nitrogen and oxygen atoms in total.